The van der Waals surface area contributed by atoms with Crippen LogP contribution in [0.5, 0.6) is 5.75 Å². The normalized spacial score (nSPS) is 16.7. The van der Waals surface area contributed by atoms with Gasteiger partial charge in [-0.1, -0.05) is 29.8 Å². The first-order valence-electron chi connectivity index (χ1n) is 7.16. The molecule has 0 aliphatic heterocycles. The van der Waals surface area contributed by atoms with E-state index in [1.54, 1.807) is 7.11 Å². The van der Waals surface area contributed by atoms with Crippen molar-refractivity contribution in [2.24, 2.45) is 11.8 Å². The molecule has 2 nitrogen and oxygen atoms in total. The zero-order chi connectivity index (χ0) is 13.8. The van der Waals surface area contributed by atoms with Gasteiger partial charge in [0.15, 0.2) is 0 Å². The Morgan fingerprint density at radius 2 is 2.11 bits per heavy atom. The molecule has 106 valence electrons. The highest BCUT2D eigenvalue weighted by atomic mass is 79.9. The third-order valence-corrected chi connectivity index (χ3v) is 4.41. The molecule has 2 rings (SSSR count). The number of methoxy groups -OCH3 is 1. The average molecular weight is 326 g/mol. The number of hydrogen-bond acceptors (Lipinski definition) is 2. The summed E-state index contributed by atoms with van der Waals surface area (Å²) in [5, 5.41) is 3.66. The number of ether oxygens (including phenoxy) is 1. The lowest BCUT2D eigenvalue weighted by Gasteiger charge is -2.22. The van der Waals surface area contributed by atoms with Crippen molar-refractivity contribution in [2.45, 2.75) is 39.2 Å². The van der Waals surface area contributed by atoms with E-state index >= 15 is 0 Å². The van der Waals surface area contributed by atoms with Crippen LogP contribution < -0.4 is 10.1 Å². The number of halogens is 1. The third kappa shape index (κ3) is 4.50. The molecular formula is C16H24BrNO. The second-order valence-corrected chi connectivity index (χ2v) is 6.76. The molecule has 1 aromatic rings. The molecule has 1 saturated carbocycles. The summed E-state index contributed by atoms with van der Waals surface area (Å²) >= 11 is 3.55. The van der Waals surface area contributed by atoms with Gasteiger partial charge in [0, 0.05) is 10.5 Å². The molecule has 1 atom stereocenters. The molecule has 3 heteroatoms. The molecule has 1 aromatic carbocycles. The summed E-state index contributed by atoms with van der Waals surface area (Å²) in [6.07, 6.45) is 3.77. The lowest BCUT2D eigenvalue weighted by Crippen LogP contribution is -2.29. The topological polar surface area (TPSA) is 21.3 Å². The van der Waals surface area contributed by atoms with Crippen molar-refractivity contribution >= 4 is 15.9 Å². The molecule has 0 aromatic heterocycles. The average Bonchev–Trinajstić information content (AvgIpc) is 3.18. The predicted molar refractivity (Wildman–Crippen MR) is 83.8 cm³/mol. The van der Waals surface area contributed by atoms with E-state index in [9.17, 15) is 0 Å². The molecule has 0 spiro atoms. The van der Waals surface area contributed by atoms with Crippen LogP contribution in [-0.2, 0) is 6.42 Å². The highest BCUT2D eigenvalue weighted by molar-refractivity contribution is 9.10. The number of hydrogen-bond donors (Lipinski definition) is 1. The second kappa shape index (κ2) is 6.76. The molecule has 0 radical (unpaired) electrons. The van der Waals surface area contributed by atoms with Crippen LogP contribution in [0.3, 0.4) is 0 Å². The summed E-state index contributed by atoms with van der Waals surface area (Å²) in [7, 11) is 1.75. The first kappa shape index (κ1) is 14.9. The highest BCUT2D eigenvalue weighted by Gasteiger charge is 2.23. The van der Waals surface area contributed by atoms with E-state index in [1.165, 1.54) is 18.4 Å². The molecule has 0 amide bonds. The summed E-state index contributed by atoms with van der Waals surface area (Å²) in [6.45, 7) is 5.73. The Kier molecular flexibility index (Phi) is 5.28. The Morgan fingerprint density at radius 3 is 2.68 bits per heavy atom. The van der Waals surface area contributed by atoms with E-state index in [0.29, 0.717) is 11.8 Å². The van der Waals surface area contributed by atoms with Crippen molar-refractivity contribution < 1.29 is 4.74 Å². The first-order chi connectivity index (χ1) is 9.10. The van der Waals surface area contributed by atoms with E-state index in [1.807, 2.05) is 12.1 Å². The molecule has 0 heterocycles. The van der Waals surface area contributed by atoms with Crippen LogP contribution in [0.2, 0.25) is 0 Å². The number of nitrogens with one attached hydrogen (secondary N) is 1. The molecule has 1 fully saturated rings. The Hall–Kier alpha value is -0.540. The quantitative estimate of drug-likeness (QED) is 0.817. The molecule has 19 heavy (non-hydrogen) atoms. The molecule has 0 bridgehead atoms. The smallest absolute Gasteiger partial charge is 0.122 e. The van der Waals surface area contributed by atoms with Gasteiger partial charge in [-0.2, -0.15) is 0 Å². The molecule has 1 aliphatic carbocycles. The van der Waals surface area contributed by atoms with Crippen LogP contribution in [-0.4, -0.2) is 19.7 Å². The lowest BCUT2D eigenvalue weighted by molar-refractivity contribution is 0.349. The fourth-order valence-electron chi connectivity index (χ4n) is 2.34. The zero-order valence-electron chi connectivity index (χ0n) is 12.1. The van der Waals surface area contributed by atoms with Gasteiger partial charge in [0.2, 0.25) is 0 Å². The van der Waals surface area contributed by atoms with Crippen molar-refractivity contribution in [3.8, 4) is 5.75 Å². The Bertz CT molecular complexity index is 415. The summed E-state index contributed by atoms with van der Waals surface area (Å²) in [4.78, 5) is 0. The van der Waals surface area contributed by atoms with Crippen LogP contribution in [0, 0.1) is 11.8 Å². The van der Waals surface area contributed by atoms with Crippen LogP contribution in [0.4, 0.5) is 0 Å². The highest BCUT2D eigenvalue weighted by Crippen LogP contribution is 2.28. The van der Waals surface area contributed by atoms with Gasteiger partial charge in [0.05, 0.1) is 7.11 Å². The largest absolute Gasteiger partial charge is 0.496 e. The molecular weight excluding hydrogens is 302 g/mol. The minimum Gasteiger partial charge on any atom is -0.496 e. The van der Waals surface area contributed by atoms with Gasteiger partial charge in [-0.25, -0.2) is 0 Å². The summed E-state index contributed by atoms with van der Waals surface area (Å²) < 4.78 is 6.60. The Labute approximate surface area is 125 Å². The second-order valence-electron chi connectivity index (χ2n) is 5.85. The third-order valence-electron chi connectivity index (χ3n) is 3.91. The fourth-order valence-corrected chi connectivity index (χ4v) is 2.75. The summed E-state index contributed by atoms with van der Waals surface area (Å²) in [5.41, 5.74) is 1.30. The maximum absolute atomic E-state index is 5.48. The number of benzene rings is 1. The minimum absolute atomic E-state index is 0.656. The number of rotatable bonds is 7. The van der Waals surface area contributed by atoms with Gasteiger partial charge in [0.25, 0.3) is 0 Å². The standard InChI is InChI=1S/C16H24BrNO/c1-11(2)13(10-18-15-5-6-15)8-12-9-14(17)4-7-16(12)19-3/h4,7,9,11,13,15,18H,5-6,8,10H2,1-3H3. The zero-order valence-corrected chi connectivity index (χ0v) is 13.7. The minimum atomic E-state index is 0.656. The maximum Gasteiger partial charge on any atom is 0.122 e. The van der Waals surface area contributed by atoms with Crippen LogP contribution in [0.25, 0.3) is 0 Å². The van der Waals surface area contributed by atoms with Crippen molar-refractivity contribution in [3.63, 3.8) is 0 Å². The summed E-state index contributed by atoms with van der Waals surface area (Å²) in [6, 6.07) is 7.05. The maximum atomic E-state index is 5.48. The van der Waals surface area contributed by atoms with Gasteiger partial charge < -0.3 is 10.1 Å². The van der Waals surface area contributed by atoms with E-state index < -0.39 is 0 Å². The van der Waals surface area contributed by atoms with E-state index in [4.69, 9.17) is 4.74 Å². The van der Waals surface area contributed by atoms with Gasteiger partial charge in [-0.05, 0) is 61.4 Å². The van der Waals surface area contributed by atoms with Gasteiger partial charge >= 0.3 is 0 Å². The van der Waals surface area contributed by atoms with Gasteiger partial charge in [-0.15, -0.1) is 0 Å². The SMILES string of the molecule is COc1ccc(Br)cc1CC(CNC1CC1)C(C)C. The van der Waals surface area contributed by atoms with Crippen LogP contribution >= 0.6 is 15.9 Å². The van der Waals surface area contributed by atoms with Gasteiger partial charge in [0.1, 0.15) is 5.75 Å². The summed E-state index contributed by atoms with van der Waals surface area (Å²) in [5.74, 6) is 2.33. The van der Waals surface area contributed by atoms with Gasteiger partial charge in [-0.3, -0.25) is 0 Å². The van der Waals surface area contributed by atoms with Crippen molar-refractivity contribution in [1.82, 2.24) is 5.32 Å². The monoisotopic (exact) mass is 325 g/mol. The molecule has 0 saturated heterocycles. The van der Waals surface area contributed by atoms with E-state index in [2.05, 4.69) is 41.2 Å². The lowest BCUT2D eigenvalue weighted by atomic mass is 9.88. The van der Waals surface area contributed by atoms with E-state index in [0.717, 1.165) is 29.2 Å². The fraction of sp³-hybridized carbons (Fsp3) is 0.625. The molecule has 1 unspecified atom stereocenters. The van der Waals surface area contributed by atoms with E-state index in [-0.39, 0.29) is 0 Å². The van der Waals surface area contributed by atoms with Crippen molar-refractivity contribution in [1.29, 1.82) is 0 Å². The van der Waals surface area contributed by atoms with Crippen LogP contribution in [0.1, 0.15) is 32.3 Å². The van der Waals surface area contributed by atoms with Crippen LogP contribution in [0.15, 0.2) is 22.7 Å². The first-order valence-corrected chi connectivity index (χ1v) is 7.95. The Balaban J connectivity index is 2.03. The molecule has 1 aliphatic rings. The Morgan fingerprint density at radius 1 is 1.37 bits per heavy atom. The van der Waals surface area contributed by atoms with Crippen molar-refractivity contribution in [3.05, 3.63) is 28.2 Å². The molecule has 1 N–H and O–H groups in total. The van der Waals surface area contributed by atoms with Crippen molar-refractivity contribution in [2.75, 3.05) is 13.7 Å². The predicted octanol–water partition coefficient (Wildman–Crippen LogP) is 4.02.